The van der Waals surface area contributed by atoms with Crippen LogP contribution in [0.1, 0.15) is 48.5 Å². The van der Waals surface area contributed by atoms with E-state index in [2.05, 4.69) is 0 Å². The Labute approximate surface area is 108 Å². The third-order valence-corrected chi connectivity index (χ3v) is 6.32. The van der Waals surface area contributed by atoms with Gasteiger partial charge in [-0.05, 0) is 35.8 Å². The molecule has 0 aliphatic heterocycles. The molecule has 0 spiro atoms. The van der Waals surface area contributed by atoms with Crippen molar-refractivity contribution in [2.24, 2.45) is 11.3 Å². The maximum Gasteiger partial charge on any atom is 0.0780 e. The van der Waals surface area contributed by atoms with E-state index in [-0.39, 0.29) is 5.92 Å². The molecule has 17 heavy (non-hydrogen) atoms. The van der Waals surface area contributed by atoms with E-state index in [1.807, 2.05) is 20.8 Å². The Hall–Kier alpha value is 0.0499. The Balaban J connectivity index is 3.56. The van der Waals surface area contributed by atoms with Gasteiger partial charge in [0.2, 0.25) is 0 Å². The van der Waals surface area contributed by atoms with E-state index in [9.17, 15) is 10.2 Å². The average Bonchev–Trinajstić information content (AvgIpc) is 2.13. The molecule has 2 nitrogen and oxygen atoms in total. The van der Waals surface area contributed by atoms with E-state index in [1.165, 1.54) is 0 Å². The number of rotatable bonds is 0. The first-order valence-electron chi connectivity index (χ1n) is 6.18. The average molecular weight is 234 g/mol. The van der Waals surface area contributed by atoms with Gasteiger partial charge in [-0.25, -0.2) is 0 Å². The van der Waals surface area contributed by atoms with E-state index in [1.54, 1.807) is 27.7 Å². The van der Waals surface area contributed by atoms with Crippen LogP contribution >= 0.6 is 0 Å². The second-order valence-corrected chi connectivity index (χ2v) is 7.07. The highest BCUT2D eigenvalue weighted by Crippen LogP contribution is 2.72. The van der Waals surface area contributed by atoms with Crippen molar-refractivity contribution in [1.29, 1.82) is 0 Å². The second kappa shape index (κ2) is 3.33. The van der Waals surface area contributed by atoms with Crippen LogP contribution in [-0.2, 0) is 0 Å². The first-order valence-corrected chi connectivity index (χ1v) is 6.18. The molecule has 0 aromatic carbocycles. The quantitative estimate of drug-likeness (QED) is 0.628. The Morgan fingerprint density at radius 1 is 0.824 bits per heavy atom. The van der Waals surface area contributed by atoms with Crippen LogP contribution in [0.5, 0.6) is 0 Å². The van der Waals surface area contributed by atoms with Gasteiger partial charge in [-0.3, -0.25) is 0 Å². The molecular formula is C13H24B2O2. The topological polar surface area (TPSA) is 40.5 Å². The lowest BCUT2D eigenvalue weighted by atomic mass is 9.27. The first kappa shape index (κ1) is 15.1. The smallest absolute Gasteiger partial charge is 0.0780 e. The minimum absolute atomic E-state index is 0.184. The molecule has 1 aliphatic carbocycles. The van der Waals surface area contributed by atoms with E-state index >= 15 is 0 Å². The van der Waals surface area contributed by atoms with Crippen LogP contribution < -0.4 is 0 Å². The standard InChI is InChI=1S/C13H24B2O2/c1-8-9(2,3)13(7,17)12(6,15)11(5,14)10(8,4)16/h8,16-17H,1-7H3. The molecule has 5 unspecified atom stereocenters. The fraction of sp³-hybridized carbons (Fsp3) is 1.00. The molecule has 0 aromatic rings. The summed E-state index contributed by atoms with van der Waals surface area (Å²) >= 11 is 0. The SMILES string of the molecule is [B]C1(C)C(C)(O)C(C)C(C)(C)C(C)(O)C1([B])C. The van der Waals surface area contributed by atoms with E-state index in [0.717, 1.165) is 0 Å². The van der Waals surface area contributed by atoms with Gasteiger partial charge in [0.15, 0.2) is 0 Å². The predicted molar refractivity (Wildman–Crippen MR) is 72.4 cm³/mol. The van der Waals surface area contributed by atoms with Crippen LogP contribution in [-0.4, -0.2) is 37.1 Å². The fourth-order valence-corrected chi connectivity index (χ4v) is 3.27. The van der Waals surface area contributed by atoms with E-state index in [4.69, 9.17) is 15.7 Å². The van der Waals surface area contributed by atoms with Gasteiger partial charge in [0.1, 0.15) is 0 Å². The maximum atomic E-state index is 10.9. The second-order valence-electron chi connectivity index (χ2n) is 7.07. The summed E-state index contributed by atoms with van der Waals surface area (Å²) in [6.07, 6.45) is 0. The molecule has 1 saturated carbocycles. The molecular weight excluding hydrogens is 210 g/mol. The molecule has 1 aliphatic rings. The van der Waals surface area contributed by atoms with Crippen molar-refractivity contribution in [2.75, 3.05) is 0 Å². The lowest BCUT2D eigenvalue weighted by Crippen LogP contribution is -2.70. The van der Waals surface area contributed by atoms with Gasteiger partial charge in [0.25, 0.3) is 0 Å². The summed E-state index contributed by atoms with van der Waals surface area (Å²) in [5.74, 6) is -0.184. The summed E-state index contributed by atoms with van der Waals surface area (Å²) < 4.78 is 0. The van der Waals surface area contributed by atoms with Gasteiger partial charge in [-0.15, -0.1) is 0 Å². The van der Waals surface area contributed by atoms with Gasteiger partial charge in [0, 0.05) is 0 Å². The van der Waals surface area contributed by atoms with Crippen molar-refractivity contribution in [2.45, 2.75) is 70.3 Å². The number of hydrogen-bond acceptors (Lipinski definition) is 2. The molecule has 0 aromatic heterocycles. The van der Waals surface area contributed by atoms with Crippen LogP contribution in [0.2, 0.25) is 10.6 Å². The van der Waals surface area contributed by atoms with Crippen LogP contribution in [0.4, 0.5) is 0 Å². The Bertz CT molecular complexity index is 300. The maximum absolute atomic E-state index is 10.9. The normalized spacial score (nSPS) is 59.0. The van der Waals surface area contributed by atoms with Crippen molar-refractivity contribution >= 4 is 15.7 Å². The highest BCUT2D eigenvalue weighted by Gasteiger charge is 2.69. The van der Waals surface area contributed by atoms with Gasteiger partial charge >= 0.3 is 0 Å². The van der Waals surface area contributed by atoms with Crippen molar-refractivity contribution in [1.82, 2.24) is 0 Å². The van der Waals surface area contributed by atoms with Gasteiger partial charge in [-0.2, -0.15) is 0 Å². The van der Waals surface area contributed by atoms with E-state index in [0.29, 0.717) is 0 Å². The van der Waals surface area contributed by atoms with Crippen LogP contribution in [0.15, 0.2) is 0 Å². The predicted octanol–water partition coefficient (Wildman–Crippen LogP) is 1.86. The minimum Gasteiger partial charge on any atom is -0.390 e. The lowest BCUT2D eigenvalue weighted by molar-refractivity contribution is -0.224. The van der Waals surface area contributed by atoms with Gasteiger partial charge < -0.3 is 10.2 Å². The Morgan fingerprint density at radius 3 is 1.53 bits per heavy atom. The summed E-state index contributed by atoms with van der Waals surface area (Å²) in [6.45, 7) is 12.6. The third-order valence-electron chi connectivity index (χ3n) is 6.32. The van der Waals surface area contributed by atoms with Crippen molar-refractivity contribution in [3.63, 3.8) is 0 Å². The molecule has 4 heteroatoms. The lowest BCUT2D eigenvalue weighted by Gasteiger charge is -2.71. The zero-order valence-electron chi connectivity index (χ0n) is 12.1. The molecule has 4 radical (unpaired) electrons. The molecule has 0 heterocycles. The number of aliphatic hydroxyl groups is 2. The molecule has 5 atom stereocenters. The summed E-state index contributed by atoms with van der Waals surface area (Å²) in [5.41, 5.74) is -2.87. The molecule has 1 rings (SSSR count). The van der Waals surface area contributed by atoms with Crippen molar-refractivity contribution in [3.05, 3.63) is 0 Å². The summed E-state index contributed by atoms with van der Waals surface area (Å²) in [4.78, 5) is 0. The molecule has 0 saturated heterocycles. The summed E-state index contributed by atoms with van der Waals surface area (Å²) in [7, 11) is 12.6. The highest BCUT2D eigenvalue weighted by atomic mass is 16.3. The van der Waals surface area contributed by atoms with Gasteiger partial charge in [-0.1, -0.05) is 34.6 Å². The van der Waals surface area contributed by atoms with Gasteiger partial charge in [0.05, 0.1) is 26.9 Å². The zero-order valence-corrected chi connectivity index (χ0v) is 12.1. The molecule has 94 valence electrons. The van der Waals surface area contributed by atoms with E-state index < -0.39 is 27.2 Å². The largest absolute Gasteiger partial charge is 0.390 e. The molecule has 1 fully saturated rings. The van der Waals surface area contributed by atoms with Crippen LogP contribution in [0.25, 0.3) is 0 Å². The first-order chi connectivity index (χ1) is 7.15. The Morgan fingerprint density at radius 2 is 1.18 bits per heavy atom. The molecule has 2 N–H and O–H groups in total. The minimum atomic E-state index is -1.18. The summed E-state index contributed by atoms with van der Waals surface area (Å²) in [6, 6.07) is 0. The van der Waals surface area contributed by atoms with Crippen LogP contribution in [0, 0.1) is 11.3 Å². The number of hydrogen-bond donors (Lipinski definition) is 2. The van der Waals surface area contributed by atoms with Crippen molar-refractivity contribution < 1.29 is 10.2 Å². The molecule has 0 amide bonds. The zero-order chi connectivity index (χ0) is 14.1. The monoisotopic (exact) mass is 234 g/mol. The van der Waals surface area contributed by atoms with Crippen LogP contribution in [0.3, 0.4) is 0 Å². The molecule has 0 bridgehead atoms. The Kier molecular flexibility index (Phi) is 2.96. The summed E-state index contributed by atoms with van der Waals surface area (Å²) in [5, 5.41) is 19.4. The third kappa shape index (κ3) is 1.37. The highest BCUT2D eigenvalue weighted by molar-refractivity contribution is 6.27. The van der Waals surface area contributed by atoms with Crippen molar-refractivity contribution in [3.8, 4) is 0 Å². The fourth-order valence-electron chi connectivity index (χ4n) is 3.27.